The SMILES string of the molecule is CC(=O)c1ccnc(N2CCC3CCCCC3C2)c1. The summed E-state index contributed by atoms with van der Waals surface area (Å²) in [7, 11) is 0. The summed E-state index contributed by atoms with van der Waals surface area (Å²) in [6.07, 6.45) is 8.64. The monoisotopic (exact) mass is 258 g/mol. The minimum Gasteiger partial charge on any atom is -0.356 e. The molecule has 0 spiro atoms. The average molecular weight is 258 g/mol. The minimum atomic E-state index is 0.121. The van der Waals surface area contributed by atoms with Crippen LogP contribution in [-0.4, -0.2) is 23.9 Å². The predicted molar refractivity (Wildman–Crippen MR) is 76.5 cm³/mol. The maximum absolute atomic E-state index is 11.5. The van der Waals surface area contributed by atoms with Gasteiger partial charge >= 0.3 is 0 Å². The molecular weight excluding hydrogens is 236 g/mol. The van der Waals surface area contributed by atoms with Gasteiger partial charge in [0.15, 0.2) is 5.78 Å². The lowest BCUT2D eigenvalue weighted by atomic mass is 9.75. The highest BCUT2D eigenvalue weighted by molar-refractivity contribution is 5.94. The molecule has 2 aliphatic rings. The fraction of sp³-hybridized carbons (Fsp3) is 0.625. The van der Waals surface area contributed by atoms with E-state index in [1.165, 1.54) is 32.1 Å². The second-order valence-electron chi connectivity index (χ2n) is 6.00. The van der Waals surface area contributed by atoms with E-state index in [1.54, 1.807) is 19.2 Å². The smallest absolute Gasteiger partial charge is 0.159 e. The molecule has 0 N–H and O–H groups in total. The Labute approximate surface area is 115 Å². The van der Waals surface area contributed by atoms with Crippen molar-refractivity contribution in [2.45, 2.75) is 39.0 Å². The summed E-state index contributed by atoms with van der Waals surface area (Å²) in [5.41, 5.74) is 0.774. The van der Waals surface area contributed by atoms with Gasteiger partial charge in [-0.25, -0.2) is 4.98 Å². The number of Topliss-reactive ketones (excluding diaryl/α,β-unsaturated/α-hetero) is 1. The van der Waals surface area contributed by atoms with Crippen LogP contribution in [0.1, 0.15) is 49.4 Å². The zero-order chi connectivity index (χ0) is 13.2. The summed E-state index contributed by atoms with van der Waals surface area (Å²) >= 11 is 0. The van der Waals surface area contributed by atoms with E-state index in [1.807, 2.05) is 6.07 Å². The molecule has 1 aliphatic heterocycles. The maximum atomic E-state index is 11.5. The number of ketones is 1. The van der Waals surface area contributed by atoms with E-state index < -0.39 is 0 Å². The standard InChI is InChI=1S/C16H22N2O/c1-12(19)14-6-8-17-16(10-14)18-9-7-13-4-2-3-5-15(13)11-18/h6,8,10,13,15H,2-5,7,9,11H2,1H3. The lowest BCUT2D eigenvalue weighted by Gasteiger charge is -2.41. The number of nitrogens with zero attached hydrogens (tertiary/aromatic N) is 2. The lowest BCUT2D eigenvalue weighted by Crippen LogP contribution is -2.42. The number of rotatable bonds is 2. The number of carbonyl (C=O) groups is 1. The van der Waals surface area contributed by atoms with E-state index in [4.69, 9.17) is 0 Å². The van der Waals surface area contributed by atoms with Crippen LogP contribution in [0, 0.1) is 11.8 Å². The molecule has 2 fully saturated rings. The summed E-state index contributed by atoms with van der Waals surface area (Å²) in [5, 5.41) is 0. The second-order valence-corrected chi connectivity index (χ2v) is 6.00. The predicted octanol–water partition coefficient (Wildman–Crippen LogP) is 3.30. The van der Waals surface area contributed by atoms with Crippen LogP contribution in [0.5, 0.6) is 0 Å². The second kappa shape index (κ2) is 5.32. The molecule has 2 atom stereocenters. The normalized spacial score (nSPS) is 26.9. The van der Waals surface area contributed by atoms with Crippen molar-refractivity contribution in [3.8, 4) is 0 Å². The molecule has 1 aromatic heterocycles. The van der Waals surface area contributed by atoms with Gasteiger partial charge in [0.05, 0.1) is 0 Å². The number of hydrogen-bond acceptors (Lipinski definition) is 3. The van der Waals surface area contributed by atoms with Crippen LogP contribution in [0.25, 0.3) is 0 Å². The molecule has 0 aromatic carbocycles. The Morgan fingerprint density at radius 2 is 2.05 bits per heavy atom. The highest BCUT2D eigenvalue weighted by Crippen LogP contribution is 2.37. The van der Waals surface area contributed by atoms with E-state index in [2.05, 4.69) is 9.88 Å². The van der Waals surface area contributed by atoms with Crippen molar-refractivity contribution in [2.24, 2.45) is 11.8 Å². The van der Waals surface area contributed by atoms with E-state index in [0.29, 0.717) is 0 Å². The fourth-order valence-corrected chi connectivity index (χ4v) is 3.62. The molecule has 19 heavy (non-hydrogen) atoms. The summed E-state index contributed by atoms with van der Waals surface area (Å²) in [4.78, 5) is 18.3. The highest BCUT2D eigenvalue weighted by atomic mass is 16.1. The van der Waals surface area contributed by atoms with Gasteiger partial charge in [0, 0.05) is 24.8 Å². The Morgan fingerprint density at radius 1 is 1.26 bits per heavy atom. The Kier molecular flexibility index (Phi) is 3.54. The zero-order valence-corrected chi connectivity index (χ0v) is 11.6. The van der Waals surface area contributed by atoms with Crippen LogP contribution in [0.2, 0.25) is 0 Å². The number of pyridine rings is 1. The molecular formula is C16H22N2O. The van der Waals surface area contributed by atoms with Crippen LogP contribution in [-0.2, 0) is 0 Å². The Morgan fingerprint density at radius 3 is 2.84 bits per heavy atom. The third-order valence-corrected chi connectivity index (χ3v) is 4.77. The van der Waals surface area contributed by atoms with Crippen molar-refractivity contribution < 1.29 is 4.79 Å². The van der Waals surface area contributed by atoms with Crippen molar-refractivity contribution >= 4 is 11.6 Å². The molecule has 102 valence electrons. The molecule has 1 aromatic rings. The van der Waals surface area contributed by atoms with E-state index in [-0.39, 0.29) is 5.78 Å². The Bertz CT molecular complexity index is 472. The summed E-state index contributed by atoms with van der Waals surface area (Å²) in [6.45, 7) is 3.83. The number of anilines is 1. The summed E-state index contributed by atoms with van der Waals surface area (Å²) in [6, 6.07) is 3.75. The van der Waals surface area contributed by atoms with E-state index in [9.17, 15) is 4.79 Å². The molecule has 1 saturated heterocycles. The first-order valence-corrected chi connectivity index (χ1v) is 7.46. The molecule has 3 heteroatoms. The molecule has 0 radical (unpaired) electrons. The first-order chi connectivity index (χ1) is 9.24. The molecule has 3 rings (SSSR count). The van der Waals surface area contributed by atoms with E-state index in [0.717, 1.165) is 36.3 Å². The summed E-state index contributed by atoms with van der Waals surface area (Å²) in [5.74, 6) is 2.87. The number of aromatic nitrogens is 1. The fourth-order valence-electron chi connectivity index (χ4n) is 3.62. The van der Waals surface area contributed by atoms with Gasteiger partial charge < -0.3 is 4.90 Å². The molecule has 0 amide bonds. The van der Waals surface area contributed by atoms with Gasteiger partial charge in [0.1, 0.15) is 5.82 Å². The van der Waals surface area contributed by atoms with Crippen LogP contribution in [0.15, 0.2) is 18.3 Å². The van der Waals surface area contributed by atoms with Crippen molar-refractivity contribution in [3.63, 3.8) is 0 Å². The first kappa shape index (κ1) is 12.6. The first-order valence-electron chi connectivity index (χ1n) is 7.46. The van der Waals surface area contributed by atoms with Gasteiger partial charge in [-0.05, 0) is 43.7 Å². The van der Waals surface area contributed by atoms with Gasteiger partial charge in [-0.15, -0.1) is 0 Å². The number of carbonyl (C=O) groups excluding carboxylic acids is 1. The number of hydrogen-bond donors (Lipinski definition) is 0. The molecule has 1 aliphatic carbocycles. The van der Waals surface area contributed by atoms with Gasteiger partial charge in [-0.2, -0.15) is 0 Å². The van der Waals surface area contributed by atoms with Gasteiger partial charge in [0.2, 0.25) is 0 Å². The van der Waals surface area contributed by atoms with E-state index >= 15 is 0 Å². The molecule has 2 unspecified atom stereocenters. The third kappa shape index (κ3) is 2.65. The largest absolute Gasteiger partial charge is 0.356 e. The minimum absolute atomic E-state index is 0.121. The maximum Gasteiger partial charge on any atom is 0.159 e. The van der Waals surface area contributed by atoms with Crippen LogP contribution >= 0.6 is 0 Å². The quantitative estimate of drug-likeness (QED) is 0.763. The third-order valence-electron chi connectivity index (χ3n) is 4.77. The highest BCUT2D eigenvalue weighted by Gasteiger charge is 2.31. The zero-order valence-electron chi connectivity index (χ0n) is 11.6. The number of fused-ring (bicyclic) bond motifs is 1. The molecule has 2 heterocycles. The van der Waals surface area contributed by atoms with Crippen molar-refractivity contribution in [1.29, 1.82) is 0 Å². The molecule has 3 nitrogen and oxygen atoms in total. The van der Waals surface area contributed by atoms with Crippen molar-refractivity contribution in [1.82, 2.24) is 4.98 Å². The molecule has 0 bridgehead atoms. The Balaban J connectivity index is 1.75. The van der Waals surface area contributed by atoms with Crippen molar-refractivity contribution in [2.75, 3.05) is 18.0 Å². The number of piperidine rings is 1. The average Bonchev–Trinajstić information content (AvgIpc) is 2.47. The lowest BCUT2D eigenvalue weighted by molar-refractivity contribution is 0.101. The summed E-state index contributed by atoms with van der Waals surface area (Å²) < 4.78 is 0. The topological polar surface area (TPSA) is 33.2 Å². The van der Waals surface area contributed by atoms with Crippen molar-refractivity contribution in [3.05, 3.63) is 23.9 Å². The molecule has 1 saturated carbocycles. The Hall–Kier alpha value is -1.38. The van der Waals surface area contributed by atoms with Gasteiger partial charge in [0.25, 0.3) is 0 Å². The van der Waals surface area contributed by atoms with Gasteiger partial charge in [-0.1, -0.05) is 19.3 Å². The van der Waals surface area contributed by atoms with Crippen LogP contribution in [0.3, 0.4) is 0 Å². The van der Waals surface area contributed by atoms with Gasteiger partial charge in [-0.3, -0.25) is 4.79 Å². The van der Waals surface area contributed by atoms with Crippen LogP contribution in [0.4, 0.5) is 5.82 Å². The van der Waals surface area contributed by atoms with Crippen LogP contribution < -0.4 is 4.90 Å².